The van der Waals surface area contributed by atoms with Crippen molar-refractivity contribution in [1.29, 1.82) is 0 Å². The summed E-state index contributed by atoms with van der Waals surface area (Å²) in [6.45, 7) is 10.2. The number of anilines is 1. The van der Waals surface area contributed by atoms with Gasteiger partial charge in [-0.15, -0.1) is 10.2 Å². The van der Waals surface area contributed by atoms with E-state index in [0.29, 0.717) is 11.6 Å². The number of piperidine rings is 1. The van der Waals surface area contributed by atoms with E-state index >= 15 is 0 Å². The summed E-state index contributed by atoms with van der Waals surface area (Å²) in [5, 5.41) is 8.45. The van der Waals surface area contributed by atoms with Crippen LogP contribution in [0.5, 0.6) is 0 Å². The number of hydrogen-bond acceptors (Lipinski definition) is 4. The Morgan fingerprint density at radius 3 is 2.32 bits per heavy atom. The van der Waals surface area contributed by atoms with Gasteiger partial charge < -0.3 is 9.80 Å². The van der Waals surface area contributed by atoms with Gasteiger partial charge in [-0.25, -0.2) is 0 Å². The van der Waals surface area contributed by atoms with Gasteiger partial charge in [0.25, 0.3) is 5.91 Å². The molecule has 0 atom stereocenters. The van der Waals surface area contributed by atoms with E-state index in [2.05, 4.69) is 35.9 Å². The van der Waals surface area contributed by atoms with Gasteiger partial charge in [-0.05, 0) is 43.7 Å². The first-order valence-corrected chi connectivity index (χ1v) is 8.53. The molecule has 0 aliphatic carbocycles. The predicted molar refractivity (Wildman–Crippen MR) is 89.1 cm³/mol. The lowest BCUT2D eigenvalue weighted by atomic mass is 9.99. The quantitative estimate of drug-likeness (QED) is 0.810. The minimum atomic E-state index is 0.0171. The highest BCUT2D eigenvalue weighted by Gasteiger charge is 2.22. The first-order valence-electron chi connectivity index (χ1n) is 8.53. The molecule has 0 unspecified atom stereocenters. The van der Waals surface area contributed by atoms with Crippen LogP contribution in [0.15, 0.2) is 12.1 Å². The molecule has 22 heavy (non-hydrogen) atoms. The molecule has 1 fully saturated rings. The minimum Gasteiger partial charge on any atom is -0.355 e. The van der Waals surface area contributed by atoms with Crippen molar-refractivity contribution in [1.82, 2.24) is 15.1 Å². The Kier molecular flexibility index (Phi) is 6.16. The van der Waals surface area contributed by atoms with Gasteiger partial charge in [0.05, 0.1) is 0 Å². The second-order valence-electron chi connectivity index (χ2n) is 6.24. The molecule has 5 nitrogen and oxygen atoms in total. The summed E-state index contributed by atoms with van der Waals surface area (Å²) in [5.74, 6) is 1.60. The highest BCUT2D eigenvalue weighted by Crippen LogP contribution is 2.18. The van der Waals surface area contributed by atoms with Crippen molar-refractivity contribution in [3.63, 3.8) is 0 Å². The first kappa shape index (κ1) is 16.7. The molecular formula is C17H28N4O. The predicted octanol–water partition coefficient (Wildman–Crippen LogP) is 2.98. The van der Waals surface area contributed by atoms with Gasteiger partial charge in [0.2, 0.25) is 0 Å². The number of hydrogen-bond donors (Lipinski definition) is 0. The third-order valence-corrected chi connectivity index (χ3v) is 4.25. The van der Waals surface area contributed by atoms with Gasteiger partial charge >= 0.3 is 0 Å². The zero-order chi connectivity index (χ0) is 15.9. The van der Waals surface area contributed by atoms with Gasteiger partial charge in [-0.2, -0.15) is 0 Å². The van der Waals surface area contributed by atoms with Gasteiger partial charge in [0, 0.05) is 26.2 Å². The Hall–Kier alpha value is -1.65. The lowest BCUT2D eigenvalue weighted by Gasteiger charge is -2.30. The van der Waals surface area contributed by atoms with Crippen LogP contribution in [0.2, 0.25) is 0 Å². The smallest absolute Gasteiger partial charge is 0.274 e. The molecule has 0 N–H and O–H groups in total. The largest absolute Gasteiger partial charge is 0.355 e. The van der Waals surface area contributed by atoms with E-state index < -0.39 is 0 Å². The minimum absolute atomic E-state index is 0.0171. The topological polar surface area (TPSA) is 49.3 Å². The maximum absolute atomic E-state index is 12.4. The average Bonchev–Trinajstić information content (AvgIpc) is 2.55. The normalized spacial score (nSPS) is 15.9. The monoisotopic (exact) mass is 304 g/mol. The molecule has 122 valence electrons. The molecule has 0 saturated carbocycles. The molecule has 5 heteroatoms. The Labute approximate surface area is 133 Å². The summed E-state index contributed by atoms with van der Waals surface area (Å²) < 4.78 is 0. The maximum Gasteiger partial charge on any atom is 0.274 e. The molecule has 1 saturated heterocycles. The number of amides is 1. The van der Waals surface area contributed by atoms with Gasteiger partial charge in [0.15, 0.2) is 11.5 Å². The lowest BCUT2D eigenvalue weighted by molar-refractivity contribution is 0.0690. The fourth-order valence-corrected chi connectivity index (χ4v) is 2.86. The van der Waals surface area contributed by atoms with Crippen LogP contribution in [0, 0.1) is 5.92 Å². The SMILES string of the molecule is CCCN(CCC)c1ccc(C(=O)N2CCC(C)CC2)nn1. The van der Waals surface area contributed by atoms with Gasteiger partial charge in [-0.3, -0.25) is 4.79 Å². The van der Waals surface area contributed by atoms with E-state index in [1.807, 2.05) is 17.0 Å². The molecule has 1 amide bonds. The van der Waals surface area contributed by atoms with Crippen molar-refractivity contribution in [2.45, 2.75) is 46.5 Å². The van der Waals surface area contributed by atoms with Gasteiger partial charge in [0.1, 0.15) is 0 Å². The van der Waals surface area contributed by atoms with E-state index in [9.17, 15) is 4.79 Å². The Balaban J connectivity index is 2.02. The standard InChI is InChI=1S/C17H28N4O/c1-4-10-20(11-5-2)16-7-6-15(18-19-16)17(22)21-12-8-14(3)9-13-21/h6-7,14H,4-5,8-13H2,1-3H3. The molecule has 0 spiro atoms. The lowest BCUT2D eigenvalue weighted by Crippen LogP contribution is -2.38. The summed E-state index contributed by atoms with van der Waals surface area (Å²) in [6.07, 6.45) is 4.32. The van der Waals surface area contributed by atoms with Crippen molar-refractivity contribution < 1.29 is 4.79 Å². The summed E-state index contributed by atoms with van der Waals surface area (Å²) in [5.41, 5.74) is 0.464. The molecule has 1 aromatic heterocycles. The average molecular weight is 304 g/mol. The van der Waals surface area contributed by atoms with Crippen LogP contribution in [0.3, 0.4) is 0 Å². The molecule has 2 heterocycles. The highest BCUT2D eigenvalue weighted by atomic mass is 16.2. The summed E-state index contributed by atoms with van der Waals surface area (Å²) in [6, 6.07) is 3.75. The van der Waals surface area contributed by atoms with Crippen LogP contribution in [0.25, 0.3) is 0 Å². The number of likely N-dealkylation sites (tertiary alicyclic amines) is 1. The third kappa shape index (κ3) is 4.18. The van der Waals surface area contributed by atoms with E-state index in [1.54, 1.807) is 0 Å². The summed E-state index contributed by atoms with van der Waals surface area (Å²) >= 11 is 0. The molecule has 0 aromatic carbocycles. The second kappa shape index (κ2) is 8.11. The Morgan fingerprint density at radius 1 is 1.18 bits per heavy atom. The summed E-state index contributed by atoms with van der Waals surface area (Å²) in [7, 11) is 0. The van der Waals surface area contributed by atoms with E-state index in [-0.39, 0.29) is 5.91 Å². The van der Waals surface area contributed by atoms with E-state index in [0.717, 1.165) is 57.7 Å². The number of rotatable bonds is 6. The Morgan fingerprint density at radius 2 is 1.82 bits per heavy atom. The van der Waals surface area contributed by atoms with Crippen LogP contribution in [-0.4, -0.2) is 47.2 Å². The third-order valence-electron chi connectivity index (χ3n) is 4.25. The van der Waals surface area contributed by atoms with E-state index in [1.165, 1.54) is 0 Å². The number of nitrogens with zero attached hydrogens (tertiary/aromatic N) is 4. The van der Waals surface area contributed by atoms with Gasteiger partial charge in [-0.1, -0.05) is 20.8 Å². The number of carbonyl (C=O) groups excluding carboxylic acids is 1. The van der Waals surface area contributed by atoms with Crippen LogP contribution in [0.1, 0.15) is 56.9 Å². The molecular weight excluding hydrogens is 276 g/mol. The van der Waals surface area contributed by atoms with Crippen molar-refractivity contribution in [2.75, 3.05) is 31.1 Å². The molecule has 1 aromatic rings. The zero-order valence-corrected chi connectivity index (χ0v) is 14.1. The summed E-state index contributed by atoms with van der Waals surface area (Å²) in [4.78, 5) is 16.6. The van der Waals surface area contributed by atoms with E-state index in [4.69, 9.17) is 0 Å². The number of aromatic nitrogens is 2. The molecule has 0 bridgehead atoms. The van der Waals surface area contributed by atoms with Crippen LogP contribution in [0.4, 0.5) is 5.82 Å². The van der Waals surface area contributed by atoms with Crippen molar-refractivity contribution in [3.05, 3.63) is 17.8 Å². The van der Waals surface area contributed by atoms with Crippen LogP contribution in [-0.2, 0) is 0 Å². The van der Waals surface area contributed by atoms with Crippen LogP contribution < -0.4 is 4.90 Å². The van der Waals surface area contributed by atoms with Crippen molar-refractivity contribution in [3.8, 4) is 0 Å². The maximum atomic E-state index is 12.4. The molecule has 2 rings (SSSR count). The molecule has 0 radical (unpaired) electrons. The fourth-order valence-electron chi connectivity index (χ4n) is 2.86. The van der Waals surface area contributed by atoms with Crippen molar-refractivity contribution in [2.24, 2.45) is 5.92 Å². The number of carbonyl (C=O) groups is 1. The van der Waals surface area contributed by atoms with Crippen LogP contribution >= 0.6 is 0 Å². The molecule has 1 aliphatic rings. The Bertz CT molecular complexity index is 460. The van der Waals surface area contributed by atoms with Crippen molar-refractivity contribution >= 4 is 11.7 Å². The fraction of sp³-hybridized carbons (Fsp3) is 0.706. The molecule has 1 aliphatic heterocycles. The zero-order valence-electron chi connectivity index (χ0n) is 14.1. The second-order valence-corrected chi connectivity index (χ2v) is 6.24. The highest BCUT2D eigenvalue weighted by molar-refractivity contribution is 5.92. The first-order chi connectivity index (χ1) is 10.7.